The van der Waals surface area contributed by atoms with Gasteiger partial charge < -0.3 is 20.9 Å². The van der Waals surface area contributed by atoms with E-state index in [4.69, 9.17) is 11.6 Å². The summed E-state index contributed by atoms with van der Waals surface area (Å²) in [4.78, 5) is 18.4. The van der Waals surface area contributed by atoms with Crippen molar-refractivity contribution in [2.45, 2.75) is 31.5 Å². The number of pyridine rings is 1. The normalized spacial score (nSPS) is 15.9. The summed E-state index contributed by atoms with van der Waals surface area (Å²) in [7, 11) is 0. The summed E-state index contributed by atoms with van der Waals surface area (Å²) in [6.07, 6.45) is -0.184. The van der Waals surface area contributed by atoms with Gasteiger partial charge in [-0.2, -0.15) is 13.2 Å². The lowest BCUT2D eigenvalue weighted by molar-refractivity contribution is -0.138. The highest BCUT2D eigenvalue weighted by molar-refractivity contribution is 6.30. The Hall–Kier alpha value is -2.52. The first-order valence-corrected chi connectivity index (χ1v) is 10.8. The van der Waals surface area contributed by atoms with Crippen LogP contribution >= 0.6 is 11.6 Å². The minimum absolute atomic E-state index is 0.0852. The molecule has 1 aliphatic heterocycles. The molecule has 1 unspecified atom stereocenters. The molecule has 10 heteroatoms. The van der Waals surface area contributed by atoms with E-state index in [1.54, 1.807) is 36.7 Å². The van der Waals surface area contributed by atoms with Gasteiger partial charge in [0, 0.05) is 47.9 Å². The largest absolute Gasteiger partial charge is 0.660 e. The third-order valence-corrected chi connectivity index (χ3v) is 5.55. The Bertz CT molecular complexity index is 843. The summed E-state index contributed by atoms with van der Waals surface area (Å²) in [5.74, 6) is 0.322. The molecule has 1 saturated heterocycles. The second-order valence-electron chi connectivity index (χ2n) is 7.85. The first-order valence-electron chi connectivity index (χ1n) is 10.5. The summed E-state index contributed by atoms with van der Waals surface area (Å²) in [6, 6.07) is 8.41. The third kappa shape index (κ3) is 8.20. The quantitative estimate of drug-likeness (QED) is 0.539. The van der Waals surface area contributed by atoms with E-state index in [-0.39, 0.29) is 6.54 Å². The van der Waals surface area contributed by atoms with E-state index in [1.165, 1.54) is 0 Å². The highest BCUT2D eigenvalue weighted by Gasteiger charge is 2.31. The van der Waals surface area contributed by atoms with Crippen LogP contribution in [0.5, 0.6) is 0 Å². The predicted octanol–water partition coefficient (Wildman–Crippen LogP) is 5.47. The molecule has 2 N–H and O–H groups in total. The summed E-state index contributed by atoms with van der Waals surface area (Å²) in [6.45, 7) is 2.15. The Kier molecular flexibility index (Phi) is 8.58. The lowest BCUT2D eigenvalue weighted by atomic mass is 9.96. The highest BCUT2D eigenvalue weighted by atomic mass is 35.5. The number of nitrogens with zero attached hydrogens (tertiary/aromatic N) is 3. The SMILES string of the molecule is O=C(Nc1ccc(Cl)cc1)NC(C[N-]CC1CCN(c2ccncc2)CC1)CC(F)(F)F. The molecule has 2 heterocycles. The van der Waals surface area contributed by atoms with Crippen LogP contribution in [0.4, 0.5) is 29.3 Å². The van der Waals surface area contributed by atoms with Crippen molar-refractivity contribution in [3.05, 3.63) is 59.1 Å². The van der Waals surface area contributed by atoms with Crippen LogP contribution in [-0.4, -0.2) is 49.4 Å². The molecule has 0 bridgehead atoms. The van der Waals surface area contributed by atoms with Crippen molar-refractivity contribution in [2.24, 2.45) is 5.92 Å². The number of urea groups is 1. The molecule has 1 atom stereocenters. The van der Waals surface area contributed by atoms with Gasteiger partial charge in [0.05, 0.1) is 6.42 Å². The topological polar surface area (TPSA) is 71.4 Å². The lowest BCUT2D eigenvalue weighted by Crippen LogP contribution is -2.43. The summed E-state index contributed by atoms with van der Waals surface area (Å²) >= 11 is 5.79. The van der Waals surface area contributed by atoms with Gasteiger partial charge in [-0.3, -0.25) is 4.98 Å². The van der Waals surface area contributed by atoms with Crippen molar-refractivity contribution in [3.63, 3.8) is 0 Å². The number of carbonyl (C=O) groups excluding carboxylic acids is 1. The molecule has 3 rings (SSSR count). The van der Waals surface area contributed by atoms with Crippen molar-refractivity contribution in [1.82, 2.24) is 10.3 Å². The van der Waals surface area contributed by atoms with Crippen molar-refractivity contribution >= 4 is 29.0 Å². The van der Waals surface area contributed by atoms with E-state index in [0.717, 1.165) is 31.6 Å². The first kappa shape index (κ1) is 24.1. The number of benzene rings is 1. The second-order valence-corrected chi connectivity index (χ2v) is 8.28. The maximum Gasteiger partial charge on any atom is 0.391 e. The number of nitrogens with one attached hydrogen (secondary N) is 2. The molecule has 1 aromatic carbocycles. The van der Waals surface area contributed by atoms with E-state index in [2.05, 4.69) is 25.8 Å². The molecule has 0 saturated carbocycles. The van der Waals surface area contributed by atoms with Gasteiger partial charge in [-0.25, -0.2) is 4.79 Å². The standard InChI is InChI=1S/C22H26ClF3N5O/c23-17-1-3-18(4-2-17)29-21(32)30-19(13-22(24,25)26)15-28-14-16-7-11-31(12-8-16)20-5-9-27-10-6-20/h1-6,9-10,16,19H,7-8,11-15H2,(H2,29,30,32)/q-1. The molecular formula is C22H26ClF3N5O-. The molecule has 1 fully saturated rings. The average molecular weight is 469 g/mol. The van der Waals surface area contributed by atoms with Crippen LogP contribution in [0, 0.1) is 5.92 Å². The van der Waals surface area contributed by atoms with Crippen LogP contribution in [0.3, 0.4) is 0 Å². The monoisotopic (exact) mass is 468 g/mol. The van der Waals surface area contributed by atoms with E-state index in [9.17, 15) is 18.0 Å². The van der Waals surface area contributed by atoms with Crippen LogP contribution in [0.25, 0.3) is 5.32 Å². The number of amides is 2. The molecule has 1 aliphatic rings. The molecule has 0 radical (unpaired) electrons. The maximum atomic E-state index is 13.0. The zero-order chi connectivity index (χ0) is 23.0. The van der Waals surface area contributed by atoms with Crippen LogP contribution < -0.4 is 15.5 Å². The molecule has 1 aromatic heterocycles. The van der Waals surface area contributed by atoms with Gasteiger partial charge in [-0.1, -0.05) is 17.5 Å². The Morgan fingerprint density at radius 2 is 1.81 bits per heavy atom. The molecule has 32 heavy (non-hydrogen) atoms. The van der Waals surface area contributed by atoms with Gasteiger partial charge in [-0.15, -0.1) is 13.1 Å². The van der Waals surface area contributed by atoms with Gasteiger partial charge in [0.15, 0.2) is 0 Å². The van der Waals surface area contributed by atoms with Gasteiger partial charge >= 0.3 is 12.2 Å². The molecule has 2 aromatic rings. The number of halogens is 4. The maximum absolute atomic E-state index is 13.0. The molecule has 174 valence electrons. The highest BCUT2D eigenvalue weighted by Crippen LogP contribution is 2.25. The van der Waals surface area contributed by atoms with Crippen LogP contribution in [0.15, 0.2) is 48.8 Å². The second kappa shape index (κ2) is 11.4. The molecule has 6 nitrogen and oxygen atoms in total. The Labute approximate surface area is 190 Å². The number of rotatable bonds is 8. The number of hydrogen-bond acceptors (Lipinski definition) is 3. The number of anilines is 2. The fourth-order valence-corrected chi connectivity index (χ4v) is 3.79. The Morgan fingerprint density at radius 1 is 1.16 bits per heavy atom. The Morgan fingerprint density at radius 3 is 2.44 bits per heavy atom. The summed E-state index contributed by atoms with van der Waals surface area (Å²) in [5, 5.41) is 9.77. The van der Waals surface area contributed by atoms with Crippen LogP contribution in [0.1, 0.15) is 19.3 Å². The van der Waals surface area contributed by atoms with E-state index >= 15 is 0 Å². The van der Waals surface area contributed by atoms with E-state index in [1.807, 2.05) is 12.1 Å². The number of hydrogen-bond donors (Lipinski definition) is 2. The van der Waals surface area contributed by atoms with Crippen molar-refractivity contribution in [1.29, 1.82) is 0 Å². The van der Waals surface area contributed by atoms with E-state index in [0.29, 0.717) is 23.2 Å². The number of alkyl halides is 3. The van der Waals surface area contributed by atoms with Crippen LogP contribution in [0.2, 0.25) is 5.02 Å². The van der Waals surface area contributed by atoms with Gasteiger partial charge in [-0.05, 0) is 49.2 Å². The third-order valence-electron chi connectivity index (χ3n) is 5.29. The summed E-state index contributed by atoms with van der Waals surface area (Å²) < 4.78 is 38.9. The molecule has 0 aliphatic carbocycles. The Balaban J connectivity index is 1.44. The van der Waals surface area contributed by atoms with Crippen LogP contribution in [-0.2, 0) is 0 Å². The first-order chi connectivity index (χ1) is 15.3. The number of carbonyl (C=O) groups is 1. The van der Waals surface area contributed by atoms with Crippen molar-refractivity contribution < 1.29 is 18.0 Å². The smallest absolute Gasteiger partial charge is 0.391 e. The van der Waals surface area contributed by atoms with Crippen molar-refractivity contribution in [3.8, 4) is 0 Å². The minimum atomic E-state index is -4.40. The zero-order valence-electron chi connectivity index (χ0n) is 17.5. The van der Waals surface area contributed by atoms with Gasteiger partial charge in [0.2, 0.25) is 0 Å². The number of aromatic nitrogens is 1. The predicted molar refractivity (Wildman–Crippen MR) is 120 cm³/mol. The lowest BCUT2D eigenvalue weighted by Gasteiger charge is -2.37. The van der Waals surface area contributed by atoms with Crippen molar-refractivity contribution in [2.75, 3.05) is 36.4 Å². The minimum Gasteiger partial charge on any atom is -0.660 e. The molecule has 0 spiro atoms. The molecular weight excluding hydrogens is 443 g/mol. The number of piperidine rings is 1. The zero-order valence-corrected chi connectivity index (χ0v) is 18.2. The van der Waals surface area contributed by atoms with E-state index < -0.39 is 24.7 Å². The fraction of sp³-hybridized carbons (Fsp3) is 0.455. The van der Waals surface area contributed by atoms with Gasteiger partial charge in [0.1, 0.15) is 0 Å². The summed E-state index contributed by atoms with van der Waals surface area (Å²) in [5.41, 5.74) is 1.56. The molecule has 2 amide bonds. The fourth-order valence-electron chi connectivity index (χ4n) is 3.67. The average Bonchev–Trinajstić information content (AvgIpc) is 2.75. The van der Waals surface area contributed by atoms with Gasteiger partial charge in [0.25, 0.3) is 0 Å².